The molecule has 18 heavy (non-hydrogen) atoms. The molecule has 0 saturated carbocycles. The molecular formula is C13H17BrClNO2. The average Bonchev–Trinajstić information content (AvgIpc) is 2.36. The lowest BCUT2D eigenvalue weighted by molar-refractivity contribution is 0.0952. The van der Waals surface area contributed by atoms with Gasteiger partial charge in [-0.05, 0) is 31.0 Å². The van der Waals surface area contributed by atoms with Crippen LogP contribution in [0.3, 0.4) is 0 Å². The Morgan fingerprint density at radius 3 is 2.72 bits per heavy atom. The topological polar surface area (TPSA) is 49.3 Å². The smallest absolute Gasteiger partial charge is 0.252 e. The third-order valence-corrected chi connectivity index (χ3v) is 3.43. The van der Waals surface area contributed by atoms with Crippen LogP contribution in [0.25, 0.3) is 0 Å². The zero-order valence-electron chi connectivity index (χ0n) is 10.1. The maximum absolute atomic E-state index is 11.8. The standard InChI is InChI=1S/C13H17BrClNO2/c14-7-3-1-2-4-8-16-13(18)11-9-10(17)5-6-12(11)15/h5-6,9,17H,1-4,7-8H2,(H,16,18). The van der Waals surface area contributed by atoms with Crippen LogP contribution in [0.4, 0.5) is 0 Å². The van der Waals surface area contributed by atoms with Crippen molar-refractivity contribution in [1.29, 1.82) is 0 Å². The highest BCUT2D eigenvalue weighted by molar-refractivity contribution is 9.09. The van der Waals surface area contributed by atoms with Crippen molar-refractivity contribution < 1.29 is 9.90 Å². The fourth-order valence-corrected chi connectivity index (χ4v) is 2.16. The number of hydrogen-bond donors (Lipinski definition) is 2. The third kappa shape index (κ3) is 5.27. The second kappa shape index (κ2) is 8.38. The quantitative estimate of drug-likeness (QED) is 0.589. The fourth-order valence-electron chi connectivity index (χ4n) is 1.56. The third-order valence-electron chi connectivity index (χ3n) is 2.54. The minimum atomic E-state index is -0.239. The molecule has 0 atom stereocenters. The molecule has 0 unspecified atom stereocenters. The van der Waals surface area contributed by atoms with Gasteiger partial charge in [0.1, 0.15) is 5.75 Å². The summed E-state index contributed by atoms with van der Waals surface area (Å²) in [5.41, 5.74) is 0.317. The van der Waals surface area contributed by atoms with Crippen molar-refractivity contribution in [1.82, 2.24) is 5.32 Å². The van der Waals surface area contributed by atoms with E-state index in [4.69, 9.17) is 11.6 Å². The largest absolute Gasteiger partial charge is 0.508 e. The Labute approximate surface area is 121 Å². The number of carbonyl (C=O) groups is 1. The van der Waals surface area contributed by atoms with Crippen LogP contribution < -0.4 is 5.32 Å². The lowest BCUT2D eigenvalue weighted by atomic mass is 10.2. The summed E-state index contributed by atoms with van der Waals surface area (Å²) in [5, 5.41) is 13.5. The molecule has 3 nitrogen and oxygen atoms in total. The average molecular weight is 335 g/mol. The molecule has 0 fully saturated rings. The zero-order chi connectivity index (χ0) is 13.4. The van der Waals surface area contributed by atoms with Crippen LogP contribution in [0.1, 0.15) is 36.0 Å². The first kappa shape index (κ1) is 15.3. The Morgan fingerprint density at radius 2 is 2.00 bits per heavy atom. The number of rotatable bonds is 7. The van der Waals surface area contributed by atoms with E-state index in [0.717, 1.165) is 31.0 Å². The number of alkyl halides is 1. The lowest BCUT2D eigenvalue weighted by Crippen LogP contribution is -2.24. The molecular weight excluding hydrogens is 318 g/mol. The molecule has 0 radical (unpaired) electrons. The SMILES string of the molecule is O=C(NCCCCCCBr)c1cc(O)ccc1Cl. The molecule has 0 aliphatic carbocycles. The molecule has 0 spiro atoms. The molecule has 0 aliphatic heterocycles. The fraction of sp³-hybridized carbons (Fsp3) is 0.462. The Kier molecular flexibility index (Phi) is 7.13. The van der Waals surface area contributed by atoms with Crippen LogP contribution in [0.5, 0.6) is 5.75 Å². The van der Waals surface area contributed by atoms with Gasteiger partial charge in [-0.3, -0.25) is 4.79 Å². The van der Waals surface area contributed by atoms with E-state index in [2.05, 4.69) is 21.2 Å². The minimum Gasteiger partial charge on any atom is -0.508 e. The van der Waals surface area contributed by atoms with Gasteiger partial charge >= 0.3 is 0 Å². The van der Waals surface area contributed by atoms with Gasteiger partial charge in [0, 0.05) is 11.9 Å². The Balaban J connectivity index is 2.34. The highest BCUT2D eigenvalue weighted by Gasteiger charge is 2.10. The number of amides is 1. The van der Waals surface area contributed by atoms with E-state index < -0.39 is 0 Å². The van der Waals surface area contributed by atoms with Crippen molar-refractivity contribution in [2.75, 3.05) is 11.9 Å². The van der Waals surface area contributed by atoms with Gasteiger partial charge in [0.15, 0.2) is 0 Å². The minimum absolute atomic E-state index is 0.0434. The van der Waals surface area contributed by atoms with Crippen LogP contribution >= 0.6 is 27.5 Å². The maximum atomic E-state index is 11.8. The highest BCUT2D eigenvalue weighted by Crippen LogP contribution is 2.20. The second-order valence-corrected chi connectivity index (χ2v) is 5.22. The Morgan fingerprint density at radius 1 is 1.28 bits per heavy atom. The highest BCUT2D eigenvalue weighted by atomic mass is 79.9. The van der Waals surface area contributed by atoms with E-state index in [1.807, 2.05) is 0 Å². The van der Waals surface area contributed by atoms with Gasteiger partial charge in [0.2, 0.25) is 0 Å². The molecule has 100 valence electrons. The summed E-state index contributed by atoms with van der Waals surface area (Å²) < 4.78 is 0. The van der Waals surface area contributed by atoms with Crippen LogP contribution in [0.2, 0.25) is 5.02 Å². The van der Waals surface area contributed by atoms with E-state index in [1.165, 1.54) is 18.2 Å². The second-order valence-electron chi connectivity index (χ2n) is 4.02. The molecule has 1 aromatic carbocycles. The van der Waals surface area contributed by atoms with Gasteiger partial charge < -0.3 is 10.4 Å². The Hall–Kier alpha value is -0.740. The van der Waals surface area contributed by atoms with Crippen molar-refractivity contribution in [2.45, 2.75) is 25.7 Å². The molecule has 0 heterocycles. The van der Waals surface area contributed by atoms with Crippen molar-refractivity contribution >= 4 is 33.4 Å². The number of nitrogens with one attached hydrogen (secondary N) is 1. The summed E-state index contributed by atoms with van der Waals surface area (Å²) >= 11 is 9.27. The first-order valence-electron chi connectivity index (χ1n) is 5.98. The van der Waals surface area contributed by atoms with Crippen molar-refractivity contribution in [3.05, 3.63) is 28.8 Å². The van der Waals surface area contributed by atoms with E-state index in [9.17, 15) is 9.90 Å². The maximum Gasteiger partial charge on any atom is 0.252 e. The summed E-state index contributed by atoms with van der Waals surface area (Å²) in [5.74, 6) is -0.196. The van der Waals surface area contributed by atoms with Crippen LogP contribution in [-0.2, 0) is 0 Å². The molecule has 1 amide bonds. The van der Waals surface area contributed by atoms with Crippen LogP contribution in [0, 0.1) is 0 Å². The summed E-state index contributed by atoms with van der Waals surface area (Å²) in [4.78, 5) is 11.8. The van der Waals surface area contributed by atoms with Gasteiger partial charge in [-0.25, -0.2) is 0 Å². The van der Waals surface area contributed by atoms with E-state index in [0.29, 0.717) is 17.1 Å². The van der Waals surface area contributed by atoms with Gasteiger partial charge in [-0.15, -0.1) is 0 Å². The monoisotopic (exact) mass is 333 g/mol. The number of halogens is 2. The predicted molar refractivity (Wildman–Crippen MR) is 77.7 cm³/mol. The number of phenolic OH excluding ortho intramolecular Hbond substituents is 1. The summed E-state index contributed by atoms with van der Waals surface area (Å²) in [6, 6.07) is 4.35. The van der Waals surface area contributed by atoms with Crippen molar-refractivity contribution in [3.63, 3.8) is 0 Å². The molecule has 0 bridgehead atoms. The molecule has 0 aromatic heterocycles. The van der Waals surface area contributed by atoms with Crippen LogP contribution in [-0.4, -0.2) is 22.9 Å². The molecule has 5 heteroatoms. The number of aromatic hydroxyl groups is 1. The van der Waals surface area contributed by atoms with Gasteiger partial charge in [-0.1, -0.05) is 40.4 Å². The van der Waals surface area contributed by atoms with E-state index >= 15 is 0 Å². The number of unbranched alkanes of at least 4 members (excludes halogenated alkanes) is 3. The summed E-state index contributed by atoms with van der Waals surface area (Å²) in [7, 11) is 0. The van der Waals surface area contributed by atoms with Crippen molar-refractivity contribution in [3.8, 4) is 5.75 Å². The number of benzene rings is 1. The number of phenols is 1. The molecule has 2 N–H and O–H groups in total. The molecule has 0 aliphatic rings. The molecule has 0 saturated heterocycles. The summed E-state index contributed by atoms with van der Waals surface area (Å²) in [6.45, 7) is 0.632. The lowest BCUT2D eigenvalue weighted by Gasteiger charge is -2.07. The van der Waals surface area contributed by atoms with E-state index in [-0.39, 0.29) is 11.7 Å². The van der Waals surface area contributed by atoms with E-state index in [1.54, 1.807) is 0 Å². The van der Waals surface area contributed by atoms with Crippen molar-refractivity contribution in [2.24, 2.45) is 0 Å². The summed E-state index contributed by atoms with van der Waals surface area (Å²) in [6.07, 6.45) is 4.37. The Bertz CT molecular complexity index is 399. The predicted octanol–water partition coefficient (Wildman–Crippen LogP) is 3.73. The number of hydrogen-bond acceptors (Lipinski definition) is 2. The first-order valence-corrected chi connectivity index (χ1v) is 7.47. The number of carbonyl (C=O) groups excluding carboxylic acids is 1. The molecule has 1 aromatic rings. The van der Waals surface area contributed by atoms with Crippen LogP contribution in [0.15, 0.2) is 18.2 Å². The normalized spacial score (nSPS) is 10.3. The molecule has 1 rings (SSSR count). The zero-order valence-corrected chi connectivity index (χ0v) is 12.4. The van der Waals surface area contributed by atoms with Gasteiger partial charge in [0.25, 0.3) is 5.91 Å². The first-order chi connectivity index (χ1) is 8.65. The van der Waals surface area contributed by atoms with Gasteiger partial charge in [0.05, 0.1) is 10.6 Å². The van der Waals surface area contributed by atoms with Gasteiger partial charge in [-0.2, -0.15) is 0 Å².